The van der Waals surface area contributed by atoms with Gasteiger partial charge in [-0.05, 0) is 44.0 Å². The van der Waals surface area contributed by atoms with Gasteiger partial charge in [-0.25, -0.2) is 0 Å². The van der Waals surface area contributed by atoms with Gasteiger partial charge in [0.1, 0.15) is 5.75 Å². The second-order valence-electron chi connectivity index (χ2n) is 6.27. The zero-order valence-electron chi connectivity index (χ0n) is 16.3. The average molecular weight is 494 g/mol. The van der Waals surface area contributed by atoms with Crippen molar-refractivity contribution in [1.82, 2.24) is 25.2 Å². The summed E-state index contributed by atoms with van der Waals surface area (Å²) in [6.45, 7) is 4.17. The maximum atomic E-state index is 5.74. The molecular formula is C20H27IN6O. The fraction of sp³-hybridized carbons (Fsp3) is 0.350. The molecule has 0 fully saturated rings. The highest BCUT2D eigenvalue weighted by Crippen LogP contribution is 2.11. The van der Waals surface area contributed by atoms with Gasteiger partial charge in [-0.2, -0.15) is 0 Å². The quantitative estimate of drug-likeness (QED) is 0.218. The van der Waals surface area contributed by atoms with E-state index >= 15 is 0 Å². The number of guanidine groups is 1. The summed E-state index contributed by atoms with van der Waals surface area (Å²) in [4.78, 5) is 4.25. The number of aryl methyl sites for hydroxylation is 1. The largest absolute Gasteiger partial charge is 0.494 e. The molecule has 0 aliphatic carbocycles. The smallest absolute Gasteiger partial charge is 0.191 e. The molecule has 0 saturated carbocycles. The van der Waals surface area contributed by atoms with Crippen LogP contribution in [0.5, 0.6) is 5.75 Å². The van der Waals surface area contributed by atoms with Crippen LogP contribution < -0.4 is 15.4 Å². The first-order chi connectivity index (χ1) is 13.3. The summed E-state index contributed by atoms with van der Waals surface area (Å²) in [6, 6.07) is 14.0. The number of nitrogens with zero attached hydrogens (tertiary/aromatic N) is 4. The number of pyridine rings is 1. The molecule has 150 valence electrons. The maximum Gasteiger partial charge on any atom is 0.191 e. The first-order valence-electron chi connectivity index (χ1n) is 9.19. The zero-order valence-corrected chi connectivity index (χ0v) is 18.6. The highest BCUT2D eigenvalue weighted by Gasteiger charge is 2.05. The lowest BCUT2D eigenvalue weighted by molar-refractivity contribution is 0.307. The molecule has 0 aliphatic rings. The molecule has 2 heterocycles. The molecule has 0 saturated heterocycles. The lowest BCUT2D eigenvalue weighted by atomic mass is 10.2. The van der Waals surface area contributed by atoms with Gasteiger partial charge in [0.15, 0.2) is 17.4 Å². The Labute approximate surface area is 182 Å². The minimum atomic E-state index is 0. The molecule has 0 unspecified atom stereocenters. The summed E-state index contributed by atoms with van der Waals surface area (Å²) in [5.41, 5.74) is 2.08. The lowest BCUT2D eigenvalue weighted by Crippen LogP contribution is -2.37. The topological polar surface area (TPSA) is 75.8 Å². The lowest BCUT2D eigenvalue weighted by Gasteiger charge is -2.11. The van der Waals surface area contributed by atoms with Crippen molar-refractivity contribution in [1.29, 1.82) is 0 Å². The van der Waals surface area contributed by atoms with Crippen LogP contribution in [0.4, 0.5) is 0 Å². The van der Waals surface area contributed by atoms with Crippen molar-refractivity contribution >= 4 is 35.6 Å². The molecule has 2 aromatic heterocycles. The minimum Gasteiger partial charge on any atom is -0.494 e. The van der Waals surface area contributed by atoms with Gasteiger partial charge in [0.25, 0.3) is 0 Å². The molecule has 8 heteroatoms. The van der Waals surface area contributed by atoms with Gasteiger partial charge in [0, 0.05) is 19.8 Å². The first-order valence-corrected chi connectivity index (χ1v) is 9.19. The second-order valence-corrected chi connectivity index (χ2v) is 6.27. The Bertz CT molecular complexity index is 878. The van der Waals surface area contributed by atoms with Crippen LogP contribution >= 0.6 is 24.0 Å². The molecule has 0 aliphatic heterocycles. The highest BCUT2D eigenvalue weighted by atomic mass is 127. The Morgan fingerprint density at radius 2 is 1.89 bits per heavy atom. The zero-order chi connectivity index (χ0) is 18.9. The van der Waals surface area contributed by atoms with Crippen molar-refractivity contribution in [2.75, 3.05) is 20.2 Å². The minimum absolute atomic E-state index is 0. The SMILES string of the molecule is CN=C(NCCCCOc1ccc(C)cc1)NCc1nnc2ccccn12.I. The number of benzene rings is 1. The third-order valence-electron chi connectivity index (χ3n) is 4.18. The van der Waals surface area contributed by atoms with Gasteiger partial charge >= 0.3 is 0 Å². The normalized spacial score (nSPS) is 11.1. The van der Waals surface area contributed by atoms with Gasteiger partial charge in [-0.3, -0.25) is 9.39 Å². The van der Waals surface area contributed by atoms with E-state index in [1.165, 1.54) is 5.56 Å². The maximum absolute atomic E-state index is 5.74. The molecule has 28 heavy (non-hydrogen) atoms. The summed E-state index contributed by atoms with van der Waals surface area (Å²) in [6.07, 6.45) is 3.93. The number of rotatable bonds is 8. The van der Waals surface area contributed by atoms with Gasteiger partial charge in [-0.15, -0.1) is 34.2 Å². The first kappa shape index (κ1) is 21.9. The standard InChI is InChI=1S/C20H26N6O.HI/c1-16-8-10-17(11-9-16)27-14-6-4-12-22-20(21-2)23-15-19-25-24-18-7-3-5-13-26(18)19;/h3,5,7-11,13H,4,6,12,14-15H2,1-2H3,(H2,21,22,23);1H. The van der Waals surface area contributed by atoms with Crippen molar-refractivity contribution in [3.05, 3.63) is 60.0 Å². The second kappa shape index (κ2) is 11.5. The fourth-order valence-corrected chi connectivity index (χ4v) is 2.65. The molecule has 0 amide bonds. The number of hydrogen-bond acceptors (Lipinski definition) is 4. The summed E-state index contributed by atoms with van der Waals surface area (Å²) >= 11 is 0. The number of hydrogen-bond donors (Lipinski definition) is 2. The average Bonchev–Trinajstić information content (AvgIpc) is 3.11. The van der Waals surface area contributed by atoms with Gasteiger partial charge in [-0.1, -0.05) is 23.8 Å². The Hall–Kier alpha value is -2.36. The molecule has 1 aromatic carbocycles. The summed E-state index contributed by atoms with van der Waals surface area (Å²) in [7, 11) is 1.76. The van der Waals surface area contributed by atoms with Crippen LogP contribution in [0.15, 0.2) is 53.7 Å². The van der Waals surface area contributed by atoms with Crippen LogP contribution in [0.2, 0.25) is 0 Å². The number of nitrogens with one attached hydrogen (secondary N) is 2. The molecule has 3 aromatic rings. The van der Waals surface area contributed by atoms with E-state index < -0.39 is 0 Å². The Morgan fingerprint density at radius 1 is 1.07 bits per heavy atom. The van der Waals surface area contributed by atoms with Crippen LogP contribution in [0, 0.1) is 6.92 Å². The van der Waals surface area contributed by atoms with E-state index in [1.807, 2.05) is 40.9 Å². The Kier molecular flexibility index (Phi) is 8.99. The van der Waals surface area contributed by atoms with E-state index in [2.05, 4.69) is 44.9 Å². The number of halogens is 1. The predicted molar refractivity (Wildman–Crippen MR) is 123 cm³/mol. The summed E-state index contributed by atoms with van der Waals surface area (Å²) < 4.78 is 7.70. The van der Waals surface area contributed by atoms with E-state index in [-0.39, 0.29) is 24.0 Å². The Balaban J connectivity index is 0.00000280. The molecule has 0 bridgehead atoms. The van der Waals surface area contributed by atoms with Crippen LogP contribution in [0.3, 0.4) is 0 Å². The third-order valence-corrected chi connectivity index (χ3v) is 4.18. The molecule has 7 nitrogen and oxygen atoms in total. The molecule has 3 rings (SSSR count). The molecule has 0 spiro atoms. The number of aromatic nitrogens is 3. The van der Waals surface area contributed by atoms with Gasteiger partial charge < -0.3 is 15.4 Å². The number of ether oxygens (including phenoxy) is 1. The van der Waals surface area contributed by atoms with E-state index in [4.69, 9.17) is 4.74 Å². The molecule has 0 radical (unpaired) electrons. The van der Waals surface area contributed by atoms with E-state index in [1.54, 1.807) is 7.05 Å². The van der Waals surface area contributed by atoms with Crippen LogP contribution in [-0.4, -0.2) is 40.8 Å². The Morgan fingerprint density at radius 3 is 2.68 bits per heavy atom. The van der Waals surface area contributed by atoms with E-state index in [0.717, 1.165) is 42.6 Å². The third kappa shape index (κ3) is 6.36. The van der Waals surface area contributed by atoms with Gasteiger partial charge in [0.2, 0.25) is 0 Å². The summed E-state index contributed by atoms with van der Waals surface area (Å²) in [5.74, 6) is 2.52. The summed E-state index contributed by atoms with van der Waals surface area (Å²) in [5, 5.41) is 14.9. The number of unbranched alkanes of at least 4 members (excludes halogenated alkanes) is 1. The van der Waals surface area contributed by atoms with Crippen LogP contribution in [0.25, 0.3) is 5.65 Å². The van der Waals surface area contributed by atoms with Gasteiger partial charge in [0.05, 0.1) is 13.2 Å². The van der Waals surface area contributed by atoms with E-state index in [9.17, 15) is 0 Å². The molecule has 2 N–H and O–H groups in total. The number of fused-ring (bicyclic) bond motifs is 1. The van der Waals surface area contributed by atoms with E-state index in [0.29, 0.717) is 13.2 Å². The van der Waals surface area contributed by atoms with Crippen LogP contribution in [0.1, 0.15) is 24.2 Å². The predicted octanol–water partition coefficient (Wildman–Crippen LogP) is 3.18. The molecule has 0 atom stereocenters. The van der Waals surface area contributed by atoms with Crippen molar-refractivity contribution in [3.8, 4) is 5.75 Å². The van der Waals surface area contributed by atoms with Crippen molar-refractivity contribution in [3.63, 3.8) is 0 Å². The van der Waals surface area contributed by atoms with Crippen LogP contribution in [-0.2, 0) is 6.54 Å². The molecular weight excluding hydrogens is 467 g/mol. The monoisotopic (exact) mass is 494 g/mol. The van der Waals surface area contributed by atoms with Crippen molar-refractivity contribution in [2.24, 2.45) is 4.99 Å². The number of aliphatic imine (C=N–C) groups is 1. The fourth-order valence-electron chi connectivity index (χ4n) is 2.65. The van der Waals surface area contributed by atoms with Crippen molar-refractivity contribution in [2.45, 2.75) is 26.3 Å². The highest BCUT2D eigenvalue weighted by molar-refractivity contribution is 14.0. The van der Waals surface area contributed by atoms with Crippen molar-refractivity contribution < 1.29 is 4.74 Å².